The maximum atomic E-state index is 13.0. The molecule has 0 radical (unpaired) electrons. The Morgan fingerprint density at radius 1 is 1.10 bits per heavy atom. The van der Waals surface area contributed by atoms with Crippen LogP contribution in [0, 0.1) is 0 Å². The van der Waals surface area contributed by atoms with E-state index in [-0.39, 0.29) is 11.2 Å². The lowest BCUT2D eigenvalue weighted by molar-refractivity contribution is 0.0889. The molecule has 0 aliphatic carbocycles. The lowest BCUT2D eigenvalue weighted by atomic mass is 10.1. The minimum Gasteiger partial charge on any atom is -0.497 e. The van der Waals surface area contributed by atoms with Gasteiger partial charge in [-0.05, 0) is 48.0 Å². The summed E-state index contributed by atoms with van der Waals surface area (Å²) in [6.07, 6.45) is 4.94. The minimum absolute atomic E-state index is 0.126. The molecule has 7 nitrogen and oxygen atoms in total. The largest absolute Gasteiger partial charge is 0.497 e. The molecule has 1 aliphatic rings. The highest BCUT2D eigenvalue weighted by Crippen LogP contribution is 2.33. The number of methoxy groups -OCH3 is 1. The normalized spacial score (nSPS) is 13.5. The second kappa shape index (κ2) is 8.12. The van der Waals surface area contributed by atoms with Crippen LogP contribution in [0.4, 0.5) is 0 Å². The van der Waals surface area contributed by atoms with Crippen molar-refractivity contribution in [1.82, 2.24) is 9.88 Å². The van der Waals surface area contributed by atoms with Gasteiger partial charge in [0.25, 0.3) is 0 Å². The van der Waals surface area contributed by atoms with Gasteiger partial charge in [-0.1, -0.05) is 6.07 Å². The molecule has 0 spiro atoms. The van der Waals surface area contributed by atoms with Gasteiger partial charge in [0, 0.05) is 25.5 Å². The summed E-state index contributed by atoms with van der Waals surface area (Å²) in [5.74, 6) is 2.08. The number of hydrogen-bond acceptors (Lipinski definition) is 7. The molecule has 156 valence electrons. The first-order chi connectivity index (χ1) is 15.2. The molecule has 5 rings (SSSR count). The van der Waals surface area contributed by atoms with Crippen molar-refractivity contribution in [3.8, 4) is 23.0 Å². The Morgan fingerprint density at radius 2 is 1.94 bits per heavy atom. The first kappa shape index (κ1) is 19.1. The van der Waals surface area contributed by atoms with Crippen LogP contribution in [0.1, 0.15) is 11.1 Å². The van der Waals surface area contributed by atoms with Crippen molar-refractivity contribution in [2.75, 3.05) is 13.8 Å². The van der Waals surface area contributed by atoms with E-state index in [2.05, 4.69) is 9.88 Å². The Labute approximate surface area is 178 Å². The SMILES string of the molecule is COc1ccc(Oc2coc3c4c(ccc3c2=O)OCN(Cc2cccnc2)C4)cc1. The summed E-state index contributed by atoms with van der Waals surface area (Å²) < 4.78 is 22.7. The number of pyridine rings is 1. The number of hydrogen-bond donors (Lipinski definition) is 0. The van der Waals surface area contributed by atoms with Crippen LogP contribution in [0.5, 0.6) is 23.0 Å². The van der Waals surface area contributed by atoms with Crippen molar-refractivity contribution in [2.45, 2.75) is 13.1 Å². The van der Waals surface area contributed by atoms with Crippen molar-refractivity contribution in [3.05, 3.63) is 88.5 Å². The molecule has 0 atom stereocenters. The average molecular weight is 416 g/mol. The maximum Gasteiger partial charge on any atom is 0.235 e. The second-order valence-corrected chi connectivity index (χ2v) is 7.25. The standard InChI is InChI=1S/C24H20N2O5/c1-28-17-4-6-18(7-5-17)31-22-14-29-24-19(23(22)27)8-9-21-20(24)13-26(15-30-21)12-16-3-2-10-25-11-16/h2-11,14H,12-13,15H2,1H3. The lowest BCUT2D eigenvalue weighted by Crippen LogP contribution is -2.31. The van der Waals surface area contributed by atoms with Crippen molar-refractivity contribution in [1.29, 1.82) is 0 Å². The third-order valence-electron chi connectivity index (χ3n) is 5.17. The van der Waals surface area contributed by atoms with Crippen LogP contribution in [0.25, 0.3) is 11.0 Å². The lowest BCUT2D eigenvalue weighted by Gasteiger charge is -2.29. The molecule has 0 N–H and O–H groups in total. The van der Waals surface area contributed by atoms with E-state index < -0.39 is 0 Å². The Balaban J connectivity index is 1.44. The van der Waals surface area contributed by atoms with Crippen molar-refractivity contribution >= 4 is 11.0 Å². The van der Waals surface area contributed by atoms with Crippen LogP contribution in [-0.2, 0) is 13.1 Å². The fourth-order valence-corrected chi connectivity index (χ4v) is 3.63. The summed E-state index contributed by atoms with van der Waals surface area (Å²) in [6, 6.07) is 14.5. The van der Waals surface area contributed by atoms with E-state index in [1.807, 2.05) is 24.4 Å². The monoisotopic (exact) mass is 416 g/mol. The predicted octanol–water partition coefficient (Wildman–Crippen LogP) is 4.34. The molecule has 4 aromatic rings. The zero-order valence-electron chi connectivity index (χ0n) is 16.9. The Hall–Kier alpha value is -3.84. The molecule has 2 aromatic heterocycles. The summed E-state index contributed by atoms with van der Waals surface area (Å²) in [7, 11) is 1.59. The van der Waals surface area contributed by atoms with Gasteiger partial charge in [0.2, 0.25) is 11.2 Å². The van der Waals surface area contributed by atoms with E-state index in [0.29, 0.717) is 42.3 Å². The van der Waals surface area contributed by atoms with Crippen LogP contribution < -0.4 is 19.6 Å². The predicted molar refractivity (Wildman–Crippen MR) is 115 cm³/mol. The van der Waals surface area contributed by atoms with Crippen LogP contribution >= 0.6 is 0 Å². The van der Waals surface area contributed by atoms with Gasteiger partial charge in [-0.3, -0.25) is 14.7 Å². The van der Waals surface area contributed by atoms with E-state index >= 15 is 0 Å². The van der Waals surface area contributed by atoms with Gasteiger partial charge in [-0.25, -0.2) is 0 Å². The molecular weight excluding hydrogens is 396 g/mol. The highest BCUT2D eigenvalue weighted by atomic mass is 16.5. The number of fused-ring (bicyclic) bond motifs is 3. The average Bonchev–Trinajstić information content (AvgIpc) is 2.82. The van der Waals surface area contributed by atoms with Gasteiger partial charge in [0.15, 0.2) is 0 Å². The summed E-state index contributed by atoms with van der Waals surface area (Å²) in [5.41, 5.74) is 2.22. The molecule has 0 fully saturated rings. The number of rotatable bonds is 5. The Bertz CT molecular complexity index is 1270. The van der Waals surface area contributed by atoms with Gasteiger partial charge in [-0.15, -0.1) is 0 Å². The van der Waals surface area contributed by atoms with Crippen molar-refractivity contribution in [3.63, 3.8) is 0 Å². The highest BCUT2D eigenvalue weighted by Gasteiger charge is 2.23. The van der Waals surface area contributed by atoms with E-state index in [0.717, 1.165) is 16.9 Å². The third-order valence-corrected chi connectivity index (χ3v) is 5.17. The van der Waals surface area contributed by atoms with Gasteiger partial charge < -0.3 is 18.6 Å². The Kier molecular flexibility index (Phi) is 5.01. The summed E-state index contributed by atoms with van der Waals surface area (Å²) in [6.45, 7) is 1.74. The van der Waals surface area contributed by atoms with Gasteiger partial charge in [0.05, 0.1) is 18.1 Å². The summed E-state index contributed by atoms with van der Waals surface area (Å²) in [5, 5.41) is 0.455. The van der Waals surface area contributed by atoms with Crippen LogP contribution in [0.3, 0.4) is 0 Å². The summed E-state index contributed by atoms with van der Waals surface area (Å²) in [4.78, 5) is 19.3. The topological polar surface area (TPSA) is 74.0 Å². The molecule has 31 heavy (non-hydrogen) atoms. The smallest absolute Gasteiger partial charge is 0.235 e. The van der Waals surface area contributed by atoms with Gasteiger partial charge in [-0.2, -0.15) is 0 Å². The molecule has 1 aliphatic heterocycles. The molecule has 2 aromatic carbocycles. The van der Waals surface area contributed by atoms with Crippen LogP contribution in [-0.4, -0.2) is 23.7 Å². The number of aromatic nitrogens is 1. The van der Waals surface area contributed by atoms with Crippen molar-refractivity contribution in [2.24, 2.45) is 0 Å². The highest BCUT2D eigenvalue weighted by molar-refractivity contribution is 5.83. The van der Waals surface area contributed by atoms with E-state index in [1.54, 1.807) is 43.6 Å². The molecule has 0 saturated heterocycles. The van der Waals surface area contributed by atoms with E-state index in [9.17, 15) is 4.79 Å². The fraction of sp³-hybridized carbons (Fsp3) is 0.167. The first-order valence-electron chi connectivity index (χ1n) is 9.84. The molecule has 0 unspecified atom stereocenters. The number of benzene rings is 2. The molecule has 0 saturated carbocycles. The Morgan fingerprint density at radius 3 is 2.71 bits per heavy atom. The molecule has 7 heteroatoms. The van der Waals surface area contributed by atoms with Crippen LogP contribution in [0.15, 0.2) is 76.4 Å². The fourth-order valence-electron chi connectivity index (χ4n) is 3.63. The van der Waals surface area contributed by atoms with Gasteiger partial charge in [0.1, 0.15) is 35.8 Å². The third kappa shape index (κ3) is 3.83. The zero-order valence-corrected chi connectivity index (χ0v) is 16.9. The molecule has 0 amide bonds. The van der Waals surface area contributed by atoms with Crippen molar-refractivity contribution < 1.29 is 18.6 Å². The molecular formula is C24H20N2O5. The van der Waals surface area contributed by atoms with E-state index in [1.165, 1.54) is 6.26 Å². The molecule has 3 heterocycles. The van der Waals surface area contributed by atoms with Gasteiger partial charge >= 0.3 is 0 Å². The quantitative estimate of drug-likeness (QED) is 0.479. The maximum absolute atomic E-state index is 13.0. The van der Waals surface area contributed by atoms with E-state index in [4.69, 9.17) is 18.6 Å². The number of ether oxygens (including phenoxy) is 3. The number of nitrogens with zero attached hydrogens (tertiary/aromatic N) is 2. The zero-order chi connectivity index (χ0) is 21.2. The second-order valence-electron chi connectivity index (χ2n) is 7.25. The minimum atomic E-state index is -0.232. The first-order valence-corrected chi connectivity index (χ1v) is 9.84. The van der Waals surface area contributed by atoms with Crippen LogP contribution in [0.2, 0.25) is 0 Å². The summed E-state index contributed by atoms with van der Waals surface area (Å²) >= 11 is 0. The molecule has 0 bridgehead atoms.